The van der Waals surface area contributed by atoms with E-state index in [0.29, 0.717) is 10.8 Å². The maximum absolute atomic E-state index is 10.9. The monoisotopic (exact) mass is 772 g/mol. The molecule has 0 aliphatic carbocycles. The Morgan fingerprint density at radius 3 is 1.67 bits per heavy atom. The van der Waals surface area contributed by atoms with Crippen LogP contribution in [0.5, 0.6) is 5.75 Å². The molecule has 2 unspecified atom stereocenters. The fourth-order valence-electron chi connectivity index (χ4n) is 4.54. The van der Waals surface area contributed by atoms with E-state index >= 15 is 0 Å². The Kier molecular flexibility index (Phi) is 36.6. The third-order valence-corrected chi connectivity index (χ3v) is 8.81. The van der Waals surface area contributed by atoms with Crippen molar-refractivity contribution in [3.05, 3.63) is 83.1 Å². The zero-order valence-corrected chi connectivity index (χ0v) is 38.1. The number of aromatic nitrogens is 1. The van der Waals surface area contributed by atoms with E-state index in [0.717, 1.165) is 59.6 Å². The molecule has 0 radical (unpaired) electrons. The smallest absolute Gasteiger partial charge is 0.290 e. The van der Waals surface area contributed by atoms with Crippen molar-refractivity contribution in [3.63, 3.8) is 0 Å². The first-order valence-electron chi connectivity index (χ1n) is 20.1. The highest BCUT2D eigenvalue weighted by Crippen LogP contribution is 2.38. The van der Waals surface area contributed by atoms with Crippen LogP contribution in [0.4, 0.5) is 0 Å². The number of carboxylic acid groups (broad SMARTS) is 1. The lowest BCUT2D eigenvalue weighted by atomic mass is 9.81. The predicted octanol–water partition coefficient (Wildman–Crippen LogP) is 15.4. The minimum absolute atomic E-state index is 0.151. The van der Waals surface area contributed by atoms with Crippen molar-refractivity contribution < 1.29 is 19.8 Å². The van der Waals surface area contributed by atoms with E-state index in [1.165, 1.54) is 44.9 Å². The van der Waals surface area contributed by atoms with Crippen LogP contribution < -0.4 is 0 Å². The van der Waals surface area contributed by atoms with Gasteiger partial charge < -0.3 is 15.0 Å². The lowest BCUT2D eigenvalue weighted by Crippen LogP contribution is -2.15. The third kappa shape index (κ3) is 32.3. The highest BCUT2D eigenvalue weighted by Gasteiger charge is 2.24. The maximum atomic E-state index is 10.9. The lowest BCUT2D eigenvalue weighted by Gasteiger charge is -2.26. The van der Waals surface area contributed by atoms with Crippen LogP contribution in [-0.2, 0) is 21.4 Å². The minimum atomic E-state index is -0.250. The Balaban J connectivity index is -0.000000363. The molecule has 310 valence electrons. The Morgan fingerprint density at radius 2 is 1.33 bits per heavy atom. The van der Waals surface area contributed by atoms with Crippen LogP contribution in [0.3, 0.4) is 0 Å². The average molecular weight is 773 g/mol. The molecular formula is C48H82ClNO4. The molecule has 0 spiro atoms. The number of aldehydes is 1. The van der Waals surface area contributed by atoms with Crippen LogP contribution in [0.2, 0.25) is 5.02 Å². The lowest BCUT2D eigenvalue weighted by molar-refractivity contribution is -0.122. The van der Waals surface area contributed by atoms with Crippen molar-refractivity contribution in [3.8, 4) is 17.0 Å². The summed E-state index contributed by atoms with van der Waals surface area (Å²) in [5, 5.41) is 18.5. The summed E-state index contributed by atoms with van der Waals surface area (Å²) in [5.41, 5.74) is 6.33. The summed E-state index contributed by atoms with van der Waals surface area (Å²) in [7, 11) is 0. The number of aryl methyl sites for hydroxylation is 1. The quantitative estimate of drug-likeness (QED) is 0.113. The highest BCUT2D eigenvalue weighted by atomic mass is 35.5. The largest absolute Gasteiger partial charge is 0.506 e. The Hall–Kier alpha value is -3.18. The van der Waals surface area contributed by atoms with Crippen molar-refractivity contribution in [1.82, 2.24) is 4.98 Å². The summed E-state index contributed by atoms with van der Waals surface area (Å²) >= 11 is 6.03. The van der Waals surface area contributed by atoms with Gasteiger partial charge in [0.25, 0.3) is 6.47 Å². The van der Waals surface area contributed by atoms with Gasteiger partial charge in [-0.05, 0) is 80.9 Å². The number of allylic oxidation sites excluding steroid dienone is 4. The Bertz CT molecular complexity index is 1290. The van der Waals surface area contributed by atoms with E-state index in [1.54, 1.807) is 11.6 Å². The first kappa shape index (κ1) is 57.5. The van der Waals surface area contributed by atoms with E-state index in [2.05, 4.69) is 102 Å². The predicted molar refractivity (Wildman–Crippen MR) is 240 cm³/mol. The minimum Gasteiger partial charge on any atom is -0.506 e. The Morgan fingerprint density at radius 1 is 0.852 bits per heavy atom. The normalized spacial score (nSPS) is 11.7. The summed E-state index contributed by atoms with van der Waals surface area (Å²) in [6.45, 7) is 39.1. The number of hydrogen-bond acceptors (Lipinski definition) is 4. The summed E-state index contributed by atoms with van der Waals surface area (Å²) in [4.78, 5) is 22.9. The first-order valence-corrected chi connectivity index (χ1v) is 20.5. The maximum Gasteiger partial charge on any atom is 0.290 e. The van der Waals surface area contributed by atoms with Gasteiger partial charge in [0.2, 0.25) is 0 Å². The average Bonchev–Trinajstić information content (AvgIpc) is 3.12. The van der Waals surface area contributed by atoms with Gasteiger partial charge in [-0.25, -0.2) is 4.98 Å². The molecule has 2 aromatic rings. The number of halogens is 1. The van der Waals surface area contributed by atoms with Crippen LogP contribution in [0.25, 0.3) is 11.3 Å². The summed E-state index contributed by atoms with van der Waals surface area (Å²) < 4.78 is 0. The number of rotatable bonds is 14. The number of carbonyl (C=O) groups excluding carboxylic acids is 1. The zero-order chi connectivity index (χ0) is 42.9. The van der Waals surface area contributed by atoms with Crippen molar-refractivity contribution >= 4 is 24.4 Å². The number of nitrogens with zero attached hydrogens (tertiary/aromatic N) is 1. The molecule has 0 aliphatic heterocycles. The Labute approximate surface area is 338 Å². The number of carbonyl (C=O) groups is 2. The number of hydrogen-bond donors (Lipinski definition) is 2. The molecule has 0 saturated carbocycles. The standard InChI is InChI=1S/C23H32ClNO.C10H20.C5H10O.C5H8.C4H10.CH2O2/c1-7-13-23(5,6)14-12-19-21(26)18(22(2,3)4)15-20(25-19)16-8-10-17(24)11-9-16;1-5-7-10(4)8-9(3)6-2;1-3-5(2)4-6;1-4-5(2)3;1-3-4-2;2-1-3/h8-11,15,26H,7,12-14H2,1-6H3;8-9H,5-7H2,1-4H3;4-5H,3H2,1-2H3;4H,1-2H2,3H3;3-4H2,1-2H3;1H,(H,2,3)/b;10-8-;;;;. The molecule has 6 heteroatoms. The first-order chi connectivity index (χ1) is 25.1. The van der Waals surface area contributed by atoms with Crippen LogP contribution in [0.15, 0.2) is 66.8 Å². The fraction of sp³-hybridized carbons (Fsp3) is 0.604. The van der Waals surface area contributed by atoms with Gasteiger partial charge in [-0.3, -0.25) is 4.79 Å². The van der Waals surface area contributed by atoms with E-state index in [1.807, 2.05) is 51.1 Å². The molecular weight excluding hydrogens is 690 g/mol. The topological polar surface area (TPSA) is 87.5 Å². The molecule has 2 N–H and O–H groups in total. The van der Waals surface area contributed by atoms with E-state index in [-0.39, 0.29) is 23.2 Å². The number of benzene rings is 1. The molecule has 0 aliphatic rings. The number of pyridine rings is 1. The zero-order valence-electron chi connectivity index (χ0n) is 37.4. The fourth-order valence-corrected chi connectivity index (χ4v) is 4.67. The van der Waals surface area contributed by atoms with Gasteiger partial charge in [0, 0.05) is 22.1 Å². The van der Waals surface area contributed by atoms with Gasteiger partial charge in [-0.15, -0.1) is 0 Å². The van der Waals surface area contributed by atoms with Gasteiger partial charge in [0.1, 0.15) is 12.0 Å². The molecule has 1 heterocycles. The van der Waals surface area contributed by atoms with Crippen molar-refractivity contribution in [1.29, 1.82) is 0 Å². The van der Waals surface area contributed by atoms with E-state index in [9.17, 15) is 9.90 Å². The molecule has 1 aromatic heterocycles. The second kappa shape index (κ2) is 34.3. The van der Waals surface area contributed by atoms with Gasteiger partial charge >= 0.3 is 0 Å². The molecule has 1 aromatic carbocycles. The summed E-state index contributed by atoms with van der Waals surface area (Å²) in [6.07, 6.45) is 16.6. The molecule has 2 atom stereocenters. The van der Waals surface area contributed by atoms with Crippen molar-refractivity contribution in [2.45, 2.75) is 173 Å². The van der Waals surface area contributed by atoms with Crippen LogP contribution in [0.1, 0.15) is 173 Å². The molecule has 0 amide bonds. The second-order valence-corrected chi connectivity index (χ2v) is 16.3. The SMILES string of the molecule is C=CC(=C)C.CCC(C)C=O.CCC/C(C)=C\C(C)CC.CCCC.CCCC(C)(C)CCc1nc(-c2ccc(Cl)cc2)cc(C(C)(C)C)c1O.O=CO. The number of unbranched alkanes of at least 4 members (excludes halogenated alkanes) is 1. The summed E-state index contributed by atoms with van der Waals surface area (Å²) in [6, 6.07) is 9.75. The molecule has 0 bridgehead atoms. The molecule has 54 heavy (non-hydrogen) atoms. The van der Waals surface area contributed by atoms with Crippen LogP contribution >= 0.6 is 11.6 Å². The second-order valence-electron chi connectivity index (χ2n) is 15.8. The molecule has 0 fully saturated rings. The molecule has 5 nitrogen and oxygen atoms in total. The van der Waals surface area contributed by atoms with E-state index < -0.39 is 0 Å². The van der Waals surface area contributed by atoms with Gasteiger partial charge in [0.05, 0.1) is 11.4 Å². The third-order valence-electron chi connectivity index (χ3n) is 8.56. The van der Waals surface area contributed by atoms with Crippen LogP contribution in [0, 0.1) is 17.3 Å². The number of aromatic hydroxyl groups is 1. The van der Waals surface area contributed by atoms with E-state index in [4.69, 9.17) is 26.5 Å². The van der Waals surface area contributed by atoms with Crippen molar-refractivity contribution in [2.24, 2.45) is 17.3 Å². The summed E-state index contributed by atoms with van der Waals surface area (Å²) in [5.74, 6) is 1.37. The van der Waals surface area contributed by atoms with Gasteiger partial charge in [-0.1, -0.05) is 182 Å². The molecule has 0 saturated heterocycles. The highest BCUT2D eigenvalue weighted by molar-refractivity contribution is 6.30. The molecule has 2 rings (SSSR count). The van der Waals surface area contributed by atoms with Gasteiger partial charge in [0.15, 0.2) is 0 Å². The van der Waals surface area contributed by atoms with Crippen molar-refractivity contribution in [2.75, 3.05) is 0 Å². The van der Waals surface area contributed by atoms with Gasteiger partial charge in [-0.2, -0.15) is 0 Å². The van der Waals surface area contributed by atoms with Crippen LogP contribution in [-0.4, -0.2) is 28.0 Å².